The first-order chi connectivity index (χ1) is 4.20. The van der Waals surface area contributed by atoms with Crippen molar-refractivity contribution < 1.29 is 9.53 Å². The maximum atomic E-state index is 10.4. The number of carbonyl (C=O) groups excluding carboxylic acids is 1. The van der Waals surface area contributed by atoms with Crippen LogP contribution in [0.1, 0.15) is 13.3 Å². The third-order valence-corrected chi connectivity index (χ3v) is 0.920. The smallest absolute Gasteiger partial charge is 0.311 e. The predicted molar refractivity (Wildman–Crippen MR) is 39.2 cm³/mol. The topological polar surface area (TPSA) is 26.3 Å². The van der Waals surface area contributed by atoms with Gasteiger partial charge < -0.3 is 4.74 Å². The number of ether oxygens (including phenoxy) is 1. The molecule has 9 heavy (non-hydrogen) atoms. The Hall–Kier alpha value is -0.700. The van der Waals surface area contributed by atoms with Crippen LogP contribution >= 0.6 is 12.2 Å². The molecule has 0 radical (unpaired) electrons. The van der Waals surface area contributed by atoms with E-state index in [1.165, 1.54) is 6.08 Å². The second-order valence-electron chi connectivity index (χ2n) is 1.35. The van der Waals surface area contributed by atoms with Gasteiger partial charge in [0.2, 0.25) is 0 Å². The Labute approximate surface area is 59.5 Å². The molecule has 0 bridgehead atoms. The van der Waals surface area contributed by atoms with Crippen LogP contribution in [0, 0.1) is 0 Å². The van der Waals surface area contributed by atoms with E-state index < -0.39 is 0 Å². The van der Waals surface area contributed by atoms with Gasteiger partial charge in [0.1, 0.15) is 0 Å². The quantitative estimate of drug-likeness (QED) is 0.333. The first-order valence-corrected chi connectivity index (χ1v) is 2.98. The number of carbonyl (C=O) groups is 1. The molecular weight excluding hydrogens is 136 g/mol. The Balaban J connectivity index is 3.59. The zero-order valence-electron chi connectivity index (χ0n) is 5.22. The molecule has 2 nitrogen and oxygen atoms in total. The molecule has 0 aliphatic heterocycles. The number of thiocarbonyl (C=S) groups is 1. The maximum Gasteiger partial charge on any atom is 0.311 e. The van der Waals surface area contributed by atoms with Crippen molar-refractivity contribution in [2.24, 2.45) is 0 Å². The van der Waals surface area contributed by atoms with Crippen LogP contribution in [0.3, 0.4) is 0 Å². The molecule has 0 aromatic heterocycles. The van der Waals surface area contributed by atoms with E-state index in [1.54, 1.807) is 6.92 Å². The van der Waals surface area contributed by atoms with Crippen LogP contribution in [0.2, 0.25) is 0 Å². The number of hydrogen-bond donors (Lipinski definition) is 0. The highest BCUT2D eigenvalue weighted by molar-refractivity contribution is 7.80. The monoisotopic (exact) mass is 144 g/mol. The van der Waals surface area contributed by atoms with Gasteiger partial charge in [-0.1, -0.05) is 13.5 Å². The summed E-state index contributed by atoms with van der Waals surface area (Å²) < 4.78 is 4.52. The van der Waals surface area contributed by atoms with Crippen molar-refractivity contribution in [1.29, 1.82) is 0 Å². The highest BCUT2D eigenvalue weighted by Gasteiger charge is 1.98. The molecule has 0 spiro atoms. The first-order valence-electron chi connectivity index (χ1n) is 2.57. The molecule has 0 saturated carbocycles. The molecule has 0 amide bonds. The van der Waals surface area contributed by atoms with Gasteiger partial charge in [-0.2, -0.15) is 0 Å². The minimum atomic E-state index is -0.320. The van der Waals surface area contributed by atoms with E-state index in [-0.39, 0.29) is 11.0 Å². The fourth-order valence-corrected chi connectivity index (χ4v) is 0.319. The van der Waals surface area contributed by atoms with Crippen LogP contribution in [-0.2, 0) is 9.53 Å². The molecule has 0 aromatic rings. The van der Waals surface area contributed by atoms with Gasteiger partial charge in [-0.05, 0) is 18.3 Å². The van der Waals surface area contributed by atoms with Crippen molar-refractivity contribution in [2.45, 2.75) is 13.3 Å². The molecule has 0 fully saturated rings. The van der Waals surface area contributed by atoms with Gasteiger partial charge in [-0.3, -0.25) is 4.79 Å². The van der Waals surface area contributed by atoms with Crippen molar-refractivity contribution in [3.05, 3.63) is 12.7 Å². The molecule has 0 saturated heterocycles. The summed E-state index contributed by atoms with van der Waals surface area (Å²) in [6, 6.07) is 0. The van der Waals surface area contributed by atoms with Gasteiger partial charge in [0.05, 0.1) is 0 Å². The second-order valence-corrected chi connectivity index (χ2v) is 1.75. The van der Waals surface area contributed by atoms with Crippen molar-refractivity contribution in [1.82, 2.24) is 0 Å². The van der Waals surface area contributed by atoms with Gasteiger partial charge in [0.15, 0.2) is 5.05 Å². The van der Waals surface area contributed by atoms with Gasteiger partial charge in [0, 0.05) is 6.42 Å². The van der Waals surface area contributed by atoms with Crippen molar-refractivity contribution in [3.63, 3.8) is 0 Å². The highest BCUT2D eigenvalue weighted by atomic mass is 32.1. The van der Waals surface area contributed by atoms with Crippen molar-refractivity contribution in [2.75, 3.05) is 0 Å². The Morgan fingerprint density at radius 1 is 1.89 bits per heavy atom. The summed E-state index contributed by atoms with van der Waals surface area (Å²) in [5.41, 5.74) is 0. The van der Waals surface area contributed by atoms with Crippen LogP contribution in [0.4, 0.5) is 0 Å². The average molecular weight is 144 g/mol. The van der Waals surface area contributed by atoms with Crippen LogP contribution in [-0.4, -0.2) is 11.0 Å². The second kappa shape index (κ2) is 4.21. The third kappa shape index (κ3) is 3.85. The minimum absolute atomic E-state index is 0.141. The molecule has 3 heteroatoms. The summed E-state index contributed by atoms with van der Waals surface area (Å²) in [5, 5.41) is 0.141. The van der Waals surface area contributed by atoms with E-state index >= 15 is 0 Å². The normalized spacial score (nSPS) is 8.11. The fraction of sp³-hybridized carbons (Fsp3) is 0.333. The maximum absolute atomic E-state index is 10.4. The van der Waals surface area contributed by atoms with E-state index in [1.807, 2.05) is 0 Å². The summed E-state index contributed by atoms with van der Waals surface area (Å²) in [6.45, 7) is 5.03. The Kier molecular flexibility index (Phi) is 3.88. The Morgan fingerprint density at radius 3 is 2.78 bits per heavy atom. The third-order valence-electron chi connectivity index (χ3n) is 0.670. The number of rotatable bonds is 2. The first kappa shape index (κ1) is 8.30. The predicted octanol–water partition coefficient (Wildman–Crippen LogP) is 1.45. The lowest BCUT2D eigenvalue weighted by Gasteiger charge is -1.96. The standard InChI is InChI=1S/C6H8O2S/c1-3-5(7)8-6(9)4-2/h4H,2-3H2,1H3. The summed E-state index contributed by atoms with van der Waals surface area (Å²) in [7, 11) is 0. The zero-order chi connectivity index (χ0) is 7.28. The fourth-order valence-electron chi connectivity index (χ4n) is 0.226. The molecule has 0 aliphatic rings. The largest absolute Gasteiger partial charge is 0.415 e. The summed E-state index contributed by atoms with van der Waals surface area (Å²) in [6.07, 6.45) is 1.66. The van der Waals surface area contributed by atoms with Gasteiger partial charge >= 0.3 is 5.97 Å². The molecule has 0 N–H and O–H groups in total. The highest BCUT2D eigenvalue weighted by Crippen LogP contribution is 1.87. The molecule has 50 valence electrons. The van der Waals surface area contributed by atoms with E-state index in [4.69, 9.17) is 0 Å². The Bertz CT molecular complexity index is 140. The summed E-state index contributed by atoms with van der Waals surface area (Å²) in [5.74, 6) is -0.320. The van der Waals surface area contributed by atoms with E-state index in [2.05, 4.69) is 23.5 Å². The zero-order valence-corrected chi connectivity index (χ0v) is 6.03. The molecule has 0 aromatic carbocycles. The van der Waals surface area contributed by atoms with Gasteiger partial charge in [-0.25, -0.2) is 0 Å². The molecule has 0 atom stereocenters. The van der Waals surface area contributed by atoms with Crippen LogP contribution in [0.25, 0.3) is 0 Å². The lowest BCUT2D eigenvalue weighted by Crippen LogP contribution is -2.05. The molecule has 0 rings (SSSR count). The number of esters is 1. The molecule has 0 unspecified atom stereocenters. The van der Waals surface area contributed by atoms with Gasteiger partial charge in [-0.15, -0.1) is 0 Å². The van der Waals surface area contributed by atoms with Crippen LogP contribution in [0.15, 0.2) is 12.7 Å². The van der Waals surface area contributed by atoms with E-state index in [9.17, 15) is 4.79 Å². The SMILES string of the molecule is C=CC(=S)OC(=O)CC. The van der Waals surface area contributed by atoms with Crippen molar-refractivity contribution in [3.8, 4) is 0 Å². The summed E-state index contributed by atoms with van der Waals surface area (Å²) in [4.78, 5) is 10.4. The number of hydrogen-bond acceptors (Lipinski definition) is 3. The van der Waals surface area contributed by atoms with Crippen LogP contribution in [0.5, 0.6) is 0 Å². The average Bonchev–Trinajstić information content (AvgIpc) is 1.87. The van der Waals surface area contributed by atoms with Crippen LogP contribution < -0.4 is 0 Å². The van der Waals surface area contributed by atoms with Gasteiger partial charge in [0.25, 0.3) is 0 Å². The van der Waals surface area contributed by atoms with Crippen molar-refractivity contribution >= 4 is 23.2 Å². The van der Waals surface area contributed by atoms with E-state index in [0.29, 0.717) is 6.42 Å². The lowest BCUT2D eigenvalue weighted by molar-refractivity contribution is -0.134. The lowest BCUT2D eigenvalue weighted by atomic mass is 10.5. The Morgan fingerprint density at radius 2 is 2.44 bits per heavy atom. The van der Waals surface area contributed by atoms with E-state index in [0.717, 1.165) is 0 Å². The molecule has 0 aliphatic carbocycles. The molecular formula is C6H8O2S. The minimum Gasteiger partial charge on any atom is -0.415 e. The summed E-state index contributed by atoms with van der Waals surface area (Å²) >= 11 is 4.54. The molecule has 0 heterocycles.